The number of para-hydroxylation sites is 1. The summed E-state index contributed by atoms with van der Waals surface area (Å²) in [5, 5.41) is 2.54. The predicted molar refractivity (Wildman–Crippen MR) is 167 cm³/mol. The molecule has 5 aromatic carbocycles. The zero-order chi connectivity index (χ0) is 24.1. The number of aromatic amines is 1. The average Bonchev–Trinajstić information content (AvgIpc) is 3.20. The van der Waals surface area contributed by atoms with Crippen LogP contribution in [0.25, 0.3) is 55.2 Å². The Morgan fingerprint density at radius 1 is 0.457 bits per heavy atom. The van der Waals surface area contributed by atoms with E-state index in [-0.39, 0.29) is 0 Å². The van der Waals surface area contributed by atoms with Crippen molar-refractivity contribution in [3.63, 3.8) is 0 Å². The molecule has 1 heterocycles. The molecule has 0 saturated heterocycles. The van der Waals surface area contributed by atoms with Crippen LogP contribution in [-0.2, 0) is 0 Å². The Hall–Kier alpha value is -2.64. The SMILES string of the molecule is Cc1cc(I)cc(-c2cc(-c3cc(C)cc(I)c3)cc(-c3ccc4c(c3)[nH]c3ccccc34)c2)c1. The predicted octanol–water partition coefficient (Wildman–Crippen LogP) is 10.1. The molecule has 0 aliphatic rings. The fourth-order valence-electron chi connectivity index (χ4n) is 4.97. The summed E-state index contributed by atoms with van der Waals surface area (Å²) in [6.45, 7) is 4.34. The van der Waals surface area contributed by atoms with E-state index >= 15 is 0 Å². The third-order valence-electron chi connectivity index (χ3n) is 6.52. The first-order chi connectivity index (χ1) is 16.9. The molecule has 0 aliphatic carbocycles. The van der Waals surface area contributed by atoms with Crippen LogP contribution in [0.4, 0.5) is 0 Å². The average molecular weight is 675 g/mol. The van der Waals surface area contributed by atoms with E-state index in [4.69, 9.17) is 0 Å². The van der Waals surface area contributed by atoms with Crippen LogP contribution in [0.15, 0.2) is 97.1 Å². The molecule has 35 heavy (non-hydrogen) atoms. The smallest absolute Gasteiger partial charge is 0.0471 e. The lowest BCUT2D eigenvalue weighted by Crippen LogP contribution is -1.89. The third kappa shape index (κ3) is 4.52. The van der Waals surface area contributed by atoms with E-state index in [0.717, 1.165) is 0 Å². The Kier molecular flexibility index (Phi) is 5.93. The molecule has 1 nitrogen and oxygen atoms in total. The van der Waals surface area contributed by atoms with Crippen LogP contribution in [0, 0.1) is 21.0 Å². The summed E-state index contributed by atoms with van der Waals surface area (Å²) in [5.74, 6) is 0. The highest BCUT2D eigenvalue weighted by atomic mass is 127. The number of hydrogen-bond acceptors (Lipinski definition) is 0. The topological polar surface area (TPSA) is 15.8 Å². The summed E-state index contributed by atoms with van der Waals surface area (Å²) in [4.78, 5) is 3.61. The summed E-state index contributed by atoms with van der Waals surface area (Å²) in [5.41, 5.74) is 12.4. The van der Waals surface area contributed by atoms with Gasteiger partial charge in [0.1, 0.15) is 0 Å². The Morgan fingerprint density at radius 2 is 0.971 bits per heavy atom. The minimum Gasteiger partial charge on any atom is -0.354 e. The zero-order valence-corrected chi connectivity index (χ0v) is 23.8. The van der Waals surface area contributed by atoms with E-state index in [1.54, 1.807) is 0 Å². The first-order valence-corrected chi connectivity index (χ1v) is 13.8. The Bertz CT molecular complexity index is 1630. The van der Waals surface area contributed by atoms with Crippen molar-refractivity contribution in [2.24, 2.45) is 0 Å². The van der Waals surface area contributed by atoms with Gasteiger partial charge in [0.2, 0.25) is 0 Å². The standard InChI is InChI=1S/C32H23I2N/c1-19-9-22(16-27(33)11-19)25-13-24(14-26(15-25)23-10-20(2)12-28(34)17-23)21-7-8-30-29-5-3-4-6-31(29)35-32(30)18-21/h3-18,35H,1-2H3. The van der Waals surface area contributed by atoms with Gasteiger partial charge in [0, 0.05) is 28.9 Å². The normalized spacial score (nSPS) is 11.4. The molecule has 0 unspecified atom stereocenters. The molecular formula is C32H23I2N. The molecule has 0 radical (unpaired) electrons. The minimum atomic E-state index is 1.17. The quantitative estimate of drug-likeness (QED) is 0.180. The van der Waals surface area contributed by atoms with E-state index in [9.17, 15) is 0 Å². The molecule has 0 aliphatic heterocycles. The van der Waals surface area contributed by atoms with E-state index in [1.165, 1.54) is 73.5 Å². The summed E-state index contributed by atoms with van der Waals surface area (Å²) >= 11 is 4.84. The summed E-state index contributed by atoms with van der Waals surface area (Å²) in [6, 6.07) is 35.9. The first-order valence-electron chi connectivity index (χ1n) is 11.6. The largest absolute Gasteiger partial charge is 0.354 e. The van der Waals surface area contributed by atoms with Gasteiger partial charge in [-0.15, -0.1) is 0 Å². The summed E-state index contributed by atoms with van der Waals surface area (Å²) in [7, 11) is 0. The number of nitrogens with one attached hydrogen (secondary N) is 1. The number of halogens is 2. The van der Waals surface area contributed by atoms with E-state index in [1.807, 2.05) is 0 Å². The minimum absolute atomic E-state index is 1.17. The van der Waals surface area contributed by atoms with Crippen molar-refractivity contribution in [1.82, 2.24) is 4.98 Å². The Labute approximate surface area is 232 Å². The highest BCUT2D eigenvalue weighted by molar-refractivity contribution is 14.1. The lowest BCUT2D eigenvalue weighted by molar-refractivity contribution is 1.43. The third-order valence-corrected chi connectivity index (χ3v) is 7.77. The maximum atomic E-state index is 3.61. The van der Waals surface area contributed by atoms with Gasteiger partial charge in [-0.25, -0.2) is 0 Å². The molecule has 0 saturated carbocycles. The summed E-state index contributed by atoms with van der Waals surface area (Å²) in [6.07, 6.45) is 0. The van der Waals surface area contributed by atoms with Crippen molar-refractivity contribution >= 4 is 67.0 Å². The fourth-order valence-corrected chi connectivity index (χ4v) is 6.62. The van der Waals surface area contributed by atoms with E-state index in [2.05, 4.69) is 161 Å². The van der Waals surface area contributed by atoms with Gasteiger partial charge in [0.05, 0.1) is 0 Å². The van der Waals surface area contributed by atoms with Gasteiger partial charge in [-0.1, -0.05) is 42.5 Å². The first kappa shape index (κ1) is 22.8. The van der Waals surface area contributed by atoms with Crippen LogP contribution in [0.1, 0.15) is 11.1 Å². The van der Waals surface area contributed by atoms with Gasteiger partial charge < -0.3 is 4.98 Å². The van der Waals surface area contributed by atoms with Crippen molar-refractivity contribution in [1.29, 1.82) is 0 Å². The Balaban J connectivity index is 1.58. The maximum absolute atomic E-state index is 3.61. The van der Waals surface area contributed by atoms with Crippen LogP contribution in [0.3, 0.4) is 0 Å². The second kappa shape index (κ2) is 9.10. The van der Waals surface area contributed by atoms with Gasteiger partial charge in [-0.3, -0.25) is 0 Å². The monoisotopic (exact) mass is 675 g/mol. The number of fused-ring (bicyclic) bond motifs is 3. The lowest BCUT2D eigenvalue weighted by Gasteiger charge is -2.13. The molecular weight excluding hydrogens is 652 g/mol. The number of aryl methyl sites for hydroxylation is 2. The van der Waals surface area contributed by atoms with Gasteiger partial charge >= 0.3 is 0 Å². The van der Waals surface area contributed by atoms with Crippen LogP contribution >= 0.6 is 45.2 Å². The van der Waals surface area contributed by atoms with Crippen LogP contribution < -0.4 is 0 Å². The molecule has 0 atom stereocenters. The van der Waals surface area contributed by atoms with Crippen molar-refractivity contribution in [2.45, 2.75) is 13.8 Å². The van der Waals surface area contributed by atoms with Crippen molar-refractivity contribution < 1.29 is 0 Å². The molecule has 170 valence electrons. The van der Waals surface area contributed by atoms with Gasteiger partial charge in [-0.05, 0) is 158 Å². The molecule has 0 amide bonds. The molecule has 6 rings (SSSR count). The fraction of sp³-hybridized carbons (Fsp3) is 0.0625. The molecule has 6 aromatic rings. The zero-order valence-electron chi connectivity index (χ0n) is 19.5. The van der Waals surface area contributed by atoms with Gasteiger partial charge in [0.25, 0.3) is 0 Å². The molecule has 0 fully saturated rings. The van der Waals surface area contributed by atoms with Gasteiger partial charge in [-0.2, -0.15) is 0 Å². The van der Waals surface area contributed by atoms with Crippen LogP contribution in [-0.4, -0.2) is 4.98 Å². The second-order valence-electron chi connectivity index (χ2n) is 9.26. The van der Waals surface area contributed by atoms with Crippen LogP contribution in [0.2, 0.25) is 0 Å². The van der Waals surface area contributed by atoms with Crippen molar-refractivity contribution in [3.05, 3.63) is 115 Å². The van der Waals surface area contributed by atoms with Crippen LogP contribution in [0.5, 0.6) is 0 Å². The molecule has 0 bridgehead atoms. The van der Waals surface area contributed by atoms with E-state index < -0.39 is 0 Å². The number of H-pyrrole nitrogens is 1. The molecule has 0 spiro atoms. The molecule has 1 aromatic heterocycles. The number of hydrogen-bond donors (Lipinski definition) is 1. The number of aromatic nitrogens is 1. The van der Waals surface area contributed by atoms with E-state index in [0.29, 0.717) is 0 Å². The maximum Gasteiger partial charge on any atom is 0.0471 e. The number of rotatable bonds is 3. The summed E-state index contributed by atoms with van der Waals surface area (Å²) < 4.78 is 2.52. The number of benzene rings is 5. The Morgan fingerprint density at radius 3 is 1.57 bits per heavy atom. The van der Waals surface area contributed by atoms with Crippen molar-refractivity contribution in [3.8, 4) is 33.4 Å². The highest BCUT2D eigenvalue weighted by Gasteiger charge is 2.11. The molecule has 3 heteroatoms. The molecule has 1 N–H and O–H groups in total. The van der Waals surface area contributed by atoms with Crippen molar-refractivity contribution in [2.75, 3.05) is 0 Å². The second-order valence-corrected chi connectivity index (χ2v) is 11.8. The van der Waals surface area contributed by atoms with Gasteiger partial charge in [0.15, 0.2) is 0 Å². The highest BCUT2D eigenvalue weighted by Crippen LogP contribution is 2.36. The lowest BCUT2D eigenvalue weighted by atomic mass is 9.92.